The highest BCUT2D eigenvalue weighted by Crippen LogP contribution is 2.18. The van der Waals surface area contributed by atoms with E-state index in [-0.39, 0.29) is 22.6 Å². The Morgan fingerprint density at radius 1 is 1.67 bits per heavy atom. The van der Waals surface area contributed by atoms with Crippen LogP contribution >= 0.6 is 11.6 Å². The second-order valence-electron chi connectivity index (χ2n) is 2.73. The molecule has 0 saturated carbocycles. The Kier molecular flexibility index (Phi) is 3.64. The van der Waals surface area contributed by atoms with Gasteiger partial charge in [-0.25, -0.2) is 9.18 Å². The summed E-state index contributed by atoms with van der Waals surface area (Å²) in [4.78, 5) is 11.2. The molecule has 0 saturated heterocycles. The fourth-order valence-corrected chi connectivity index (χ4v) is 1.30. The van der Waals surface area contributed by atoms with Gasteiger partial charge >= 0.3 is 5.97 Å². The molecule has 0 aliphatic heterocycles. The highest BCUT2D eigenvalue weighted by Gasteiger charge is 2.16. The molecular weight excluding hydrogens is 221 g/mol. The van der Waals surface area contributed by atoms with E-state index in [1.807, 2.05) is 6.07 Å². The van der Waals surface area contributed by atoms with Gasteiger partial charge in [0.25, 0.3) is 0 Å². The predicted molar refractivity (Wildman–Crippen MR) is 52.0 cm³/mol. The lowest BCUT2D eigenvalue weighted by Gasteiger charge is -2.05. The van der Waals surface area contributed by atoms with Crippen molar-refractivity contribution in [1.29, 1.82) is 5.26 Å². The van der Waals surface area contributed by atoms with Gasteiger partial charge in [0.2, 0.25) is 0 Å². The number of carbonyl (C=O) groups is 1. The van der Waals surface area contributed by atoms with Crippen molar-refractivity contribution < 1.29 is 13.9 Å². The van der Waals surface area contributed by atoms with Gasteiger partial charge in [0.15, 0.2) is 0 Å². The minimum Gasteiger partial charge on any atom is -0.465 e. The van der Waals surface area contributed by atoms with Gasteiger partial charge in [0.1, 0.15) is 5.82 Å². The van der Waals surface area contributed by atoms with Crippen molar-refractivity contribution in [3.8, 4) is 6.07 Å². The molecule has 0 heterocycles. The summed E-state index contributed by atoms with van der Waals surface area (Å²) in [5.41, 5.74) is 0.00997. The number of nitrogens with zero attached hydrogens (tertiary/aromatic N) is 1. The van der Waals surface area contributed by atoms with Crippen molar-refractivity contribution in [2.75, 3.05) is 7.11 Å². The zero-order chi connectivity index (χ0) is 11.4. The van der Waals surface area contributed by atoms with E-state index in [1.165, 1.54) is 6.07 Å². The maximum atomic E-state index is 13.5. The van der Waals surface area contributed by atoms with Crippen LogP contribution in [0.15, 0.2) is 12.1 Å². The van der Waals surface area contributed by atoms with Crippen molar-refractivity contribution >= 4 is 17.6 Å². The molecule has 0 fully saturated rings. The molecule has 1 rings (SSSR count). The van der Waals surface area contributed by atoms with Crippen LogP contribution in [0.5, 0.6) is 0 Å². The largest absolute Gasteiger partial charge is 0.465 e. The highest BCUT2D eigenvalue weighted by molar-refractivity contribution is 6.17. The fourth-order valence-electron chi connectivity index (χ4n) is 1.10. The summed E-state index contributed by atoms with van der Waals surface area (Å²) in [6.45, 7) is 0. The van der Waals surface area contributed by atoms with E-state index in [2.05, 4.69) is 4.74 Å². The normalized spacial score (nSPS) is 9.47. The molecule has 0 atom stereocenters. The molecule has 0 bridgehead atoms. The monoisotopic (exact) mass is 227 g/mol. The molecule has 0 aliphatic carbocycles. The number of hydrogen-bond donors (Lipinski definition) is 0. The lowest BCUT2D eigenvalue weighted by Crippen LogP contribution is -2.07. The Labute approximate surface area is 91.0 Å². The van der Waals surface area contributed by atoms with E-state index in [4.69, 9.17) is 16.9 Å². The van der Waals surface area contributed by atoms with Crippen LogP contribution in [-0.2, 0) is 10.6 Å². The maximum absolute atomic E-state index is 13.5. The van der Waals surface area contributed by atoms with Gasteiger partial charge in [0, 0.05) is 5.56 Å². The number of carbonyl (C=O) groups excluding carboxylic acids is 1. The zero-order valence-electron chi connectivity index (χ0n) is 7.88. The molecule has 0 radical (unpaired) electrons. The van der Waals surface area contributed by atoms with Gasteiger partial charge < -0.3 is 4.74 Å². The lowest BCUT2D eigenvalue weighted by molar-refractivity contribution is 0.0595. The number of halogens is 2. The molecule has 0 N–H and O–H groups in total. The summed E-state index contributed by atoms with van der Waals surface area (Å²) in [6.07, 6.45) is 0. The molecule has 5 heteroatoms. The van der Waals surface area contributed by atoms with Gasteiger partial charge in [-0.2, -0.15) is 5.26 Å². The summed E-state index contributed by atoms with van der Waals surface area (Å²) >= 11 is 5.48. The van der Waals surface area contributed by atoms with Crippen LogP contribution in [0.2, 0.25) is 0 Å². The van der Waals surface area contributed by atoms with Crippen molar-refractivity contribution in [3.05, 3.63) is 34.6 Å². The van der Waals surface area contributed by atoms with Crippen LogP contribution in [0.1, 0.15) is 21.5 Å². The molecule has 0 aromatic heterocycles. The van der Waals surface area contributed by atoms with Gasteiger partial charge in [-0.1, -0.05) is 0 Å². The Morgan fingerprint density at radius 2 is 2.33 bits per heavy atom. The molecule has 0 amide bonds. The average molecular weight is 228 g/mol. The Bertz CT molecular complexity index is 440. The van der Waals surface area contributed by atoms with E-state index < -0.39 is 11.8 Å². The molecular formula is C10H7ClFNO2. The first-order valence-electron chi connectivity index (χ1n) is 4.00. The Balaban J connectivity index is 3.38. The number of benzene rings is 1. The van der Waals surface area contributed by atoms with Crippen LogP contribution in [0.4, 0.5) is 4.39 Å². The Hall–Kier alpha value is -1.60. The summed E-state index contributed by atoms with van der Waals surface area (Å²) < 4.78 is 17.9. The predicted octanol–water partition coefficient (Wildman–Crippen LogP) is 2.22. The smallest absolute Gasteiger partial charge is 0.340 e. The van der Waals surface area contributed by atoms with Crippen molar-refractivity contribution in [1.82, 2.24) is 0 Å². The minimum absolute atomic E-state index is 0.106. The molecule has 1 aromatic rings. The van der Waals surface area contributed by atoms with Gasteiger partial charge in [-0.15, -0.1) is 11.6 Å². The molecule has 15 heavy (non-hydrogen) atoms. The maximum Gasteiger partial charge on any atom is 0.340 e. The van der Waals surface area contributed by atoms with Crippen LogP contribution in [0.25, 0.3) is 0 Å². The standard InChI is InChI=1S/C10H7ClFNO2/c1-15-10(14)8-3-6(5-13)2-7(4-11)9(8)12/h2-3H,4H2,1H3. The van der Waals surface area contributed by atoms with Gasteiger partial charge in [-0.3, -0.25) is 0 Å². The summed E-state index contributed by atoms with van der Waals surface area (Å²) in [6, 6.07) is 4.25. The lowest BCUT2D eigenvalue weighted by atomic mass is 10.1. The Morgan fingerprint density at radius 3 is 2.80 bits per heavy atom. The first kappa shape index (κ1) is 11.5. The number of nitriles is 1. The zero-order valence-corrected chi connectivity index (χ0v) is 8.64. The van der Waals surface area contributed by atoms with E-state index in [0.29, 0.717) is 0 Å². The SMILES string of the molecule is COC(=O)c1cc(C#N)cc(CCl)c1F. The van der Waals surface area contributed by atoms with Crippen molar-refractivity contribution in [3.63, 3.8) is 0 Å². The number of alkyl halides is 1. The summed E-state index contributed by atoms with van der Waals surface area (Å²) in [7, 11) is 1.14. The minimum atomic E-state index is -0.823. The third kappa shape index (κ3) is 2.25. The van der Waals surface area contributed by atoms with Crippen LogP contribution < -0.4 is 0 Å². The van der Waals surface area contributed by atoms with Crippen molar-refractivity contribution in [2.45, 2.75) is 5.88 Å². The van der Waals surface area contributed by atoms with Crippen LogP contribution in [-0.4, -0.2) is 13.1 Å². The summed E-state index contributed by atoms with van der Waals surface area (Å²) in [5.74, 6) is -1.67. The molecule has 3 nitrogen and oxygen atoms in total. The quantitative estimate of drug-likeness (QED) is 0.575. The molecule has 0 unspecified atom stereocenters. The van der Waals surface area contributed by atoms with Gasteiger partial charge in [0.05, 0.1) is 30.2 Å². The molecule has 0 spiro atoms. The second-order valence-corrected chi connectivity index (χ2v) is 3.00. The molecule has 78 valence electrons. The number of rotatable bonds is 2. The summed E-state index contributed by atoms with van der Waals surface area (Å²) in [5, 5.41) is 8.66. The van der Waals surface area contributed by atoms with Crippen LogP contribution in [0.3, 0.4) is 0 Å². The van der Waals surface area contributed by atoms with E-state index >= 15 is 0 Å². The number of esters is 1. The van der Waals surface area contributed by atoms with Crippen molar-refractivity contribution in [2.24, 2.45) is 0 Å². The topological polar surface area (TPSA) is 50.1 Å². The number of ether oxygens (including phenoxy) is 1. The average Bonchev–Trinajstić information content (AvgIpc) is 2.28. The fraction of sp³-hybridized carbons (Fsp3) is 0.200. The second kappa shape index (κ2) is 4.76. The first-order valence-corrected chi connectivity index (χ1v) is 4.54. The first-order chi connectivity index (χ1) is 7.13. The van der Waals surface area contributed by atoms with E-state index in [9.17, 15) is 9.18 Å². The molecule has 0 aliphatic rings. The number of methoxy groups -OCH3 is 1. The molecule has 1 aromatic carbocycles. The van der Waals surface area contributed by atoms with Gasteiger partial charge in [-0.05, 0) is 12.1 Å². The van der Waals surface area contributed by atoms with E-state index in [0.717, 1.165) is 13.2 Å². The van der Waals surface area contributed by atoms with Crippen LogP contribution in [0, 0.1) is 17.1 Å². The third-order valence-electron chi connectivity index (χ3n) is 1.83. The third-order valence-corrected chi connectivity index (χ3v) is 2.11. The highest BCUT2D eigenvalue weighted by atomic mass is 35.5. The van der Waals surface area contributed by atoms with E-state index in [1.54, 1.807) is 0 Å². The number of hydrogen-bond acceptors (Lipinski definition) is 3.